The van der Waals surface area contributed by atoms with Gasteiger partial charge < -0.3 is 10.0 Å². The van der Waals surface area contributed by atoms with Crippen molar-refractivity contribution in [3.05, 3.63) is 18.1 Å². The van der Waals surface area contributed by atoms with Gasteiger partial charge in [-0.05, 0) is 25.2 Å². The Bertz CT molecular complexity index is 541. The number of nitriles is 1. The third-order valence-electron chi connectivity index (χ3n) is 5.01. The molecule has 20 heavy (non-hydrogen) atoms. The maximum absolute atomic E-state index is 10.8. The van der Waals surface area contributed by atoms with Crippen molar-refractivity contribution in [3.63, 3.8) is 0 Å². The minimum atomic E-state index is -0.549. The Hall–Kier alpha value is -1.67. The molecule has 1 aromatic rings. The van der Waals surface area contributed by atoms with Crippen LogP contribution >= 0.6 is 0 Å². The zero-order chi connectivity index (χ0) is 14.2. The van der Waals surface area contributed by atoms with Gasteiger partial charge in [0, 0.05) is 31.4 Å². The summed E-state index contributed by atoms with van der Waals surface area (Å²) in [5.41, 5.74) is -0.168. The molecule has 1 aromatic heterocycles. The second-order valence-corrected chi connectivity index (χ2v) is 5.96. The molecular formula is C15H20N4O. The predicted octanol–water partition coefficient (Wildman–Crippen LogP) is 1.73. The first-order chi connectivity index (χ1) is 9.68. The molecule has 1 aliphatic carbocycles. The average molecular weight is 272 g/mol. The predicted molar refractivity (Wildman–Crippen MR) is 75.0 cm³/mol. The summed E-state index contributed by atoms with van der Waals surface area (Å²) in [6.45, 7) is 3.72. The van der Waals surface area contributed by atoms with Crippen LogP contribution in [0.25, 0.3) is 0 Å². The third-order valence-corrected chi connectivity index (χ3v) is 5.01. The lowest BCUT2D eigenvalue weighted by molar-refractivity contribution is -0.0597. The Kier molecular flexibility index (Phi) is 3.35. The molecule has 1 saturated carbocycles. The van der Waals surface area contributed by atoms with Gasteiger partial charge in [0.05, 0.1) is 5.60 Å². The number of nitrogens with zero attached hydrogens (tertiary/aromatic N) is 4. The van der Waals surface area contributed by atoms with E-state index in [0.717, 1.165) is 38.8 Å². The van der Waals surface area contributed by atoms with Gasteiger partial charge in [0.25, 0.3) is 0 Å². The molecule has 1 aliphatic heterocycles. The number of anilines is 1. The van der Waals surface area contributed by atoms with E-state index in [2.05, 4.69) is 27.9 Å². The number of hydrogen-bond donors (Lipinski definition) is 1. The van der Waals surface area contributed by atoms with Crippen molar-refractivity contribution in [2.75, 3.05) is 18.0 Å². The highest BCUT2D eigenvalue weighted by Gasteiger charge is 2.48. The Balaban J connectivity index is 1.87. The van der Waals surface area contributed by atoms with Crippen molar-refractivity contribution in [1.29, 1.82) is 5.26 Å². The standard InChI is InChI=1S/C15H20N4O/c1-2-15(20)5-3-4-11-9-19(10-12(11)15)14-13(8-16)17-6-7-18-14/h6-7,11-12,20H,2-5,9-10H2,1H3/t11-,12+,15-/m1/s1. The molecule has 3 atom stereocenters. The van der Waals surface area contributed by atoms with Crippen LogP contribution in [0.2, 0.25) is 0 Å². The molecule has 5 heteroatoms. The highest BCUT2D eigenvalue weighted by Crippen LogP contribution is 2.45. The summed E-state index contributed by atoms with van der Waals surface area (Å²) in [5, 5.41) is 20.0. The van der Waals surface area contributed by atoms with Crippen molar-refractivity contribution < 1.29 is 5.11 Å². The van der Waals surface area contributed by atoms with Gasteiger partial charge in [0.1, 0.15) is 6.07 Å². The number of hydrogen-bond acceptors (Lipinski definition) is 5. The van der Waals surface area contributed by atoms with Gasteiger partial charge in [-0.3, -0.25) is 0 Å². The lowest BCUT2D eigenvalue weighted by Crippen LogP contribution is -2.44. The van der Waals surface area contributed by atoms with Gasteiger partial charge in [-0.2, -0.15) is 5.26 Å². The number of fused-ring (bicyclic) bond motifs is 1. The quantitative estimate of drug-likeness (QED) is 0.887. The Labute approximate surface area is 119 Å². The van der Waals surface area contributed by atoms with Crippen LogP contribution in [-0.2, 0) is 0 Å². The summed E-state index contributed by atoms with van der Waals surface area (Å²) in [6, 6.07) is 2.11. The van der Waals surface area contributed by atoms with E-state index < -0.39 is 5.60 Å². The van der Waals surface area contributed by atoms with Crippen LogP contribution in [0.1, 0.15) is 38.3 Å². The lowest BCUT2D eigenvalue weighted by Gasteiger charge is -2.40. The zero-order valence-corrected chi connectivity index (χ0v) is 11.8. The van der Waals surface area contributed by atoms with Crippen molar-refractivity contribution in [2.45, 2.75) is 38.2 Å². The van der Waals surface area contributed by atoms with E-state index in [1.807, 2.05) is 0 Å². The molecule has 2 aliphatic rings. The maximum atomic E-state index is 10.8. The number of aromatic nitrogens is 2. The molecule has 1 saturated heterocycles. The maximum Gasteiger partial charge on any atom is 0.183 e. The van der Waals surface area contributed by atoms with Gasteiger partial charge in [0.15, 0.2) is 11.5 Å². The summed E-state index contributed by atoms with van der Waals surface area (Å²) in [5.74, 6) is 1.46. The second kappa shape index (κ2) is 5.02. The van der Waals surface area contributed by atoms with Gasteiger partial charge in [-0.25, -0.2) is 9.97 Å². The van der Waals surface area contributed by atoms with E-state index in [4.69, 9.17) is 5.26 Å². The van der Waals surface area contributed by atoms with Crippen LogP contribution in [0.4, 0.5) is 5.82 Å². The topological polar surface area (TPSA) is 73.0 Å². The van der Waals surface area contributed by atoms with E-state index in [1.165, 1.54) is 0 Å². The Morgan fingerprint density at radius 1 is 1.45 bits per heavy atom. The van der Waals surface area contributed by atoms with E-state index in [9.17, 15) is 5.11 Å². The van der Waals surface area contributed by atoms with Crippen LogP contribution in [0.3, 0.4) is 0 Å². The van der Waals surface area contributed by atoms with E-state index >= 15 is 0 Å². The molecule has 2 fully saturated rings. The lowest BCUT2D eigenvalue weighted by atomic mass is 9.69. The zero-order valence-electron chi connectivity index (χ0n) is 11.8. The van der Waals surface area contributed by atoms with Gasteiger partial charge in [0.2, 0.25) is 0 Å². The molecule has 1 N–H and O–H groups in total. The van der Waals surface area contributed by atoms with Gasteiger partial charge >= 0.3 is 0 Å². The molecule has 2 heterocycles. The minimum Gasteiger partial charge on any atom is -0.390 e. The Morgan fingerprint density at radius 3 is 3.00 bits per heavy atom. The van der Waals surface area contributed by atoms with Gasteiger partial charge in [-0.1, -0.05) is 13.3 Å². The molecule has 5 nitrogen and oxygen atoms in total. The molecule has 0 bridgehead atoms. The molecule has 0 aromatic carbocycles. The number of aliphatic hydroxyl groups is 1. The summed E-state index contributed by atoms with van der Waals surface area (Å²) in [7, 11) is 0. The largest absolute Gasteiger partial charge is 0.390 e. The van der Waals surface area contributed by atoms with Crippen molar-refractivity contribution >= 4 is 5.82 Å². The average Bonchev–Trinajstić information content (AvgIpc) is 2.93. The van der Waals surface area contributed by atoms with Gasteiger partial charge in [-0.15, -0.1) is 0 Å². The normalized spacial score (nSPS) is 32.8. The summed E-state index contributed by atoms with van der Waals surface area (Å²) in [6.07, 6.45) is 7.12. The fourth-order valence-electron chi connectivity index (χ4n) is 3.88. The smallest absolute Gasteiger partial charge is 0.183 e. The fourth-order valence-corrected chi connectivity index (χ4v) is 3.88. The first-order valence-corrected chi connectivity index (χ1v) is 7.36. The molecule has 3 rings (SSSR count). The van der Waals surface area contributed by atoms with Crippen LogP contribution in [0.5, 0.6) is 0 Å². The first kappa shape index (κ1) is 13.3. The molecular weight excluding hydrogens is 252 g/mol. The minimum absolute atomic E-state index is 0.287. The summed E-state index contributed by atoms with van der Waals surface area (Å²) >= 11 is 0. The van der Waals surface area contributed by atoms with Crippen molar-refractivity contribution in [3.8, 4) is 6.07 Å². The van der Waals surface area contributed by atoms with E-state index in [-0.39, 0.29) is 5.92 Å². The molecule has 0 amide bonds. The van der Waals surface area contributed by atoms with Crippen molar-refractivity contribution in [1.82, 2.24) is 9.97 Å². The highest BCUT2D eigenvalue weighted by molar-refractivity contribution is 5.50. The van der Waals surface area contributed by atoms with E-state index in [1.54, 1.807) is 12.4 Å². The van der Waals surface area contributed by atoms with Crippen LogP contribution in [0.15, 0.2) is 12.4 Å². The monoisotopic (exact) mass is 272 g/mol. The van der Waals surface area contributed by atoms with Crippen molar-refractivity contribution in [2.24, 2.45) is 11.8 Å². The fraction of sp³-hybridized carbons (Fsp3) is 0.667. The summed E-state index contributed by atoms with van der Waals surface area (Å²) < 4.78 is 0. The number of rotatable bonds is 2. The van der Waals surface area contributed by atoms with E-state index in [0.29, 0.717) is 17.4 Å². The first-order valence-electron chi connectivity index (χ1n) is 7.36. The molecule has 106 valence electrons. The highest BCUT2D eigenvalue weighted by atomic mass is 16.3. The summed E-state index contributed by atoms with van der Waals surface area (Å²) in [4.78, 5) is 10.5. The molecule has 0 spiro atoms. The van der Waals surface area contributed by atoms with Crippen LogP contribution in [0, 0.1) is 23.2 Å². The second-order valence-electron chi connectivity index (χ2n) is 5.96. The molecule has 0 radical (unpaired) electrons. The van der Waals surface area contributed by atoms with Crippen LogP contribution in [-0.4, -0.2) is 33.8 Å². The third kappa shape index (κ3) is 2.04. The van der Waals surface area contributed by atoms with Crippen LogP contribution < -0.4 is 4.90 Å². The Morgan fingerprint density at radius 2 is 2.25 bits per heavy atom. The SMILES string of the molecule is CC[C@@]1(O)CCC[C@@H]2CN(c3nccnc3C#N)C[C@@H]21. The molecule has 0 unspecified atom stereocenters.